The van der Waals surface area contributed by atoms with E-state index in [1.165, 1.54) is 133 Å². The summed E-state index contributed by atoms with van der Waals surface area (Å²) in [6.45, 7) is 9.25. The number of nitrogens with zero attached hydrogens (tertiary/aromatic N) is 2. The second kappa shape index (κ2) is 23.6. The van der Waals surface area contributed by atoms with Gasteiger partial charge in [0.2, 0.25) is 0 Å². The largest absolute Gasteiger partial charge is 0.311 e. The maximum absolute atomic E-state index is 3.36. The van der Waals surface area contributed by atoms with Crippen molar-refractivity contribution < 1.29 is 0 Å². The molecular formula is C91H72N2. The van der Waals surface area contributed by atoms with E-state index in [4.69, 9.17) is 0 Å². The molecule has 12 aromatic carbocycles. The lowest BCUT2D eigenvalue weighted by Crippen LogP contribution is -2.29. The van der Waals surface area contributed by atoms with Crippen molar-refractivity contribution in [1.82, 2.24) is 4.57 Å². The molecular weight excluding hydrogens is 1120 g/mol. The van der Waals surface area contributed by atoms with E-state index in [-0.39, 0.29) is 5.92 Å². The number of hydrogen-bond donors (Lipinski definition) is 0. The average Bonchev–Trinajstić information content (AvgIpc) is 1.52. The summed E-state index contributed by atoms with van der Waals surface area (Å²) >= 11 is 0. The van der Waals surface area contributed by atoms with E-state index < -0.39 is 10.8 Å². The normalized spacial score (nSPS) is 15.4. The standard InChI is InChI=1S/C86H60N2.C3H6.C2H6/c1-4-22-57(23-5-1)58-40-45-63(46-41-58)87(65-49-52-74-72-33-15-20-38-80(72)86(82(74)55-65)78-36-18-13-30-69(78)70-31-14-19-37-79(70)86)64-47-42-59(43-48-64)67-28-10-11-29-68(67)60-44-51-76-75-34-16-21-39-83(75)88(84(76)54-60)66-50-53-73-71-32-12-17-35-77(71)85(81(73)56-66,61-24-6-2-7-25-61)62-26-8-3-9-27-62;1-3-2;1-2/h1-11,13-31,33-42,44-56,59H,12,32,43H2;3H,1H2,2H3;1-2H3. The first-order chi connectivity index (χ1) is 46.1. The first-order valence-electron chi connectivity index (χ1n) is 33.2. The van der Waals surface area contributed by atoms with Gasteiger partial charge in [-0.25, -0.2) is 0 Å². The smallest absolute Gasteiger partial charge is 0.0726 e. The topological polar surface area (TPSA) is 8.17 Å². The molecule has 0 amide bonds. The Morgan fingerprint density at radius 3 is 1.59 bits per heavy atom. The summed E-state index contributed by atoms with van der Waals surface area (Å²) in [5.74, 6) is 0.154. The van der Waals surface area contributed by atoms with Gasteiger partial charge in [-0.15, -0.1) is 6.58 Å². The molecule has 0 N–H and O–H groups in total. The molecule has 1 spiro atoms. The lowest BCUT2D eigenvalue weighted by Gasteiger charge is -2.35. The van der Waals surface area contributed by atoms with Gasteiger partial charge in [-0.05, 0) is 187 Å². The SMILES string of the molecule is C1=CC2=C(CC1)c1ccc(-n3c4ccccc4c4ccc(-c5ccccc5C5C=CC(N(c6ccc(-c7ccccc7)cc6)c6ccc7c(c6)C6(c8ccccc8-c8ccccc86)c6ccccc6-7)=CC5)cc43)cc1C2(c1ccccc1)c1ccccc1.C=CC.CC. The van der Waals surface area contributed by atoms with E-state index in [1.807, 2.05) is 20.8 Å². The second-order valence-corrected chi connectivity index (χ2v) is 24.8. The van der Waals surface area contributed by atoms with Crippen LogP contribution in [0, 0.1) is 0 Å². The highest BCUT2D eigenvalue weighted by molar-refractivity contribution is 6.10. The molecule has 1 unspecified atom stereocenters. The van der Waals surface area contributed by atoms with E-state index in [0.717, 1.165) is 36.3 Å². The first kappa shape index (κ1) is 57.1. The van der Waals surface area contributed by atoms with E-state index in [0.29, 0.717) is 0 Å². The third-order valence-corrected chi connectivity index (χ3v) is 20.1. The van der Waals surface area contributed by atoms with Crippen LogP contribution in [0.15, 0.2) is 345 Å². The Hall–Kier alpha value is -11.1. The zero-order valence-corrected chi connectivity index (χ0v) is 53.0. The highest BCUT2D eigenvalue weighted by atomic mass is 15.1. The molecule has 93 heavy (non-hydrogen) atoms. The lowest BCUT2D eigenvalue weighted by atomic mass is 9.66. The van der Waals surface area contributed by atoms with Crippen LogP contribution in [0.3, 0.4) is 0 Å². The molecule has 0 aliphatic heterocycles. The number of benzene rings is 12. The highest BCUT2D eigenvalue weighted by Crippen LogP contribution is 2.64. The minimum absolute atomic E-state index is 0.154. The van der Waals surface area contributed by atoms with Crippen LogP contribution in [-0.4, -0.2) is 4.57 Å². The van der Waals surface area contributed by atoms with Crippen molar-refractivity contribution in [2.45, 2.75) is 56.8 Å². The van der Waals surface area contributed by atoms with E-state index in [9.17, 15) is 0 Å². The molecule has 18 rings (SSSR count). The highest BCUT2D eigenvalue weighted by Gasteiger charge is 2.52. The zero-order valence-electron chi connectivity index (χ0n) is 53.0. The van der Waals surface area contributed by atoms with Crippen molar-refractivity contribution >= 4 is 38.8 Å². The van der Waals surface area contributed by atoms with Gasteiger partial charge in [0.25, 0.3) is 0 Å². The third-order valence-electron chi connectivity index (χ3n) is 20.1. The molecule has 13 aromatic rings. The Labute approximate surface area is 547 Å². The van der Waals surface area contributed by atoms with Gasteiger partial charge in [0.1, 0.15) is 0 Å². The molecule has 0 saturated carbocycles. The molecule has 5 aliphatic carbocycles. The van der Waals surface area contributed by atoms with Crippen LogP contribution < -0.4 is 4.90 Å². The van der Waals surface area contributed by atoms with Crippen molar-refractivity contribution in [3.63, 3.8) is 0 Å². The molecule has 1 atom stereocenters. The summed E-state index contributed by atoms with van der Waals surface area (Å²) in [7, 11) is 0. The van der Waals surface area contributed by atoms with Crippen LogP contribution in [0.25, 0.3) is 77.6 Å². The number of anilines is 2. The summed E-state index contributed by atoms with van der Waals surface area (Å²) in [4.78, 5) is 2.49. The fraction of sp³-hybridized carbons (Fsp3) is 0.0989. The van der Waals surface area contributed by atoms with Gasteiger partial charge in [0.15, 0.2) is 0 Å². The average molecular weight is 1190 g/mol. The zero-order chi connectivity index (χ0) is 62.6. The monoisotopic (exact) mass is 1190 g/mol. The summed E-state index contributed by atoms with van der Waals surface area (Å²) in [5, 5.41) is 2.50. The van der Waals surface area contributed by atoms with E-state index in [1.54, 1.807) is 6.08 Å². The fourth-order valence-corrected chi connectivity index (χ4v) is 16.5. The van der Waals surface area contributed by atoms with Crippen LogP contribution in [0.5, 0.6) is 0 Å². The molecule has 0 fully saturated rings. The van der Waals surface area contributed by atoms with E-state index in [2.05, 4.69) is 338 Å². The maximum atomic E-state index is 3.36. The van der Waals surface area contributed by atoms with Crippen molar-refractivity contribution in [3.8, 4) is 50.2 Å². The van der Waals surface area contributed by atoms with Gasteiger partial charge >= 0.3 is 0 Å². The van der Waals surface area contributed by atoms with Crippen LogP contribution in [0.4, 0.5) is 11.4 Å². The Morgan fingerprint density at radius 2 is 0.946 bits per heavy atom. The van der Waals surface area contributed by atoms with Crippen molar-refractivity contribution in [1.29, 1.82) is 0 Å². The van der Waals surface area contributed by atoms with Crippen molar-refractivity contribution in [2.75, 3.05) is 4.90 Å². The predicted octanol–water partition coefficient (Wildman–Crippen LogP) is 23.9. The minimum atomic E-state index is -0.458. The fourth-order valence-electron chi connectivity index (χ4n) is 16.5. The molecule has 0 radical (unpaired) electrons. The number of para-hydroxylation sites is 1. The van der Waals surface area contributed by atoms with E-state index >= 15 is 0 Å². The lowest BCUT2D eigenvalue weighted by molar-refractivity contribution is 0.755. The van der Waals surface area contributed by atoms with Crippen LogP contribution in [-0.2, 0) is 10.8 Å². The molecule has 446 valence electrons. The van der Waals surface area contributed by atoms with Crippen LogP contribution in [0.1, 0.15) is 96.0 Å². The molecule has 0 bridgehead atoms. The van der Waals surface area contributed by atoms with Gasteiger partial charge in [-0.2, -0.15) is 0 Å². The van der Waals surface area contributed by atoms with Crippen molar-refractivity contribution in [2.24, 2.45) is 0 Å². The quantitative estimate of drug-likeness (QED) is 0.131. The van der Waals surface area contributed by atoms with Crippen LogP contribution in [0.2, 0.25) is 0 Å². The molecule has 1 aromatic heterocycles. The Kier molecular flexibility index (Phi) is 14.5. The summed E-state index contributed by atoms with van der Waals surface area (Å²) < 4.78 is 2.53. The van der Waals surface area contributed by atoms with Crippen LogP contribution >= 0.6 is 0 Å². The van der Waals surface area contributed by atoms with Gasteiger partial charge < -0.3 is 9.47 Å². The van der Waals surface area contributed by atoms with Gasteiger partial charge in [-0.3, -0.25) is 0 Å². The number of allylic oxidation sites excluding steroid dienone is 8. The number of rotatable bonds is 9. The third kappa shape index (κ3) is 8.91. The van der Waals surface area contributed by atoms with Gasteiger partial charge in [-0.1, -0.05) is 287 Å². The predicted molar refractivity (Wildman–Crippen MR) is 393 cm³/mol. The molecule has 5 aliphatic rings. The van der Waals surface area contributed by atoms with Crippen molar-refractivity contribution in [3.05, 3.63) is 396 Å². The molecule has 2 heteroatoms. The number of fused-ring (bicyclic) bond motifs is 15. The van der Waals surface area contributed by atoms with Gasteiger partial charge in [0, 0.05) is 39.4 Å². The summed E-state index contributed by atoms with van der Waals surface area (Å²) in [6, 6.07) is 110. The number of aromatic nitrogens is 1. The Balaban J connectivity index is 0.00000134. The minimum Gasteiger partial charge on any atom is -0.311 e. The summed E-state index contributed by atoms with van der Waals surface area (Å²) in [6.07, 6.45) is 16.8. The van der Waals surface area contributed by atoms with Gasteiger partial charge in [0.05, 0.1) is 21.9 Å². The Morgan fingerprint density at radius 1 is 0.430 bits per heavy atom. The molecule has 1 heterocycles. The molecule has 0 saturated heterocycles. The Bertz CT molecular complexity index is 5060. The summed E-state index contributed by atoms with van der Waals surface area (Å²) in [5.41, 5.74) is 31.1. The number of hydrogen-bond acceptors (Lipinski definition) is 1. The second-order valence-electron chi connectivity index (χ2n) is 24.8. The molecule has 2 nitrogen and oxygen atoms in total. The maximum Gasteiger partial charge on any atom is 0.0726 e. The first-order valence-corrected chi connectivity index (χ1v) is 33.2.